The van der Waals surface area contributed by atoms with E-state index in [1.165, 1.54) is 0 Å². The number of benzene rings is 2. The number of hydrogen-bond acceptors (Lipinski definition) is 3. The first kappa shape index (κ1) is 16.5. The van der Waals surface area contributed by atoms with Crippen LogP contribution < -0.4 is 0 Å². The Hall–Kier alpha value is -3.40. The monoisotopic (exact) mass is 338 g/mol. The Morgan fingerprint density at radius 3 is 1.40 bits per heavy atom. The standard InChI is InChI=1S/C22H14N2S/c23-15-19(17-7-3-1-4-8-17)13-21-11-12-22(25-21)14-20(16-24)18-9-5-2-6-10-18/h1-14H/b19-13+,20-14+. The second-order valence-corrected chi connectivity index (χ2v) is 6.46. The van der Waals surface area contributed by atoms with Crippen molar-refractivity contribution in [1.82, 2.24) is 0 Å². The Kier molecular flexibility index (Phi) is 5.22. The molecule has 2 nitrogen and oxygen atoms in total. The van der Waals surface area contributed by atoms with Gasteiger partial charge in [-0.3, -0.25) is 0 Å². The number of nitriles is 2. The third kappa shape index (κ3) is 4.12. The molecule has 0 amide bonds. The van der Waals surface area contributed by atoms with Crippen LogP contribution in [0.15, 0.2) is 72.8 Å². The van der Waals surface area contributed by atoms with Gasteiger partial charge in [-0.05, 0) is 35.4 Å². The van der Waals surface area contributed by atoms with Crippen molar-refractivity contribution in [3.8, 4) is 12.1 Å². The average Bonchev–Trinajstić information content (AvgIpc) is 3.12. The van der Waals surface area contributed by atoms with Crippen molar-refractivity contribution in [3.05, 3.63) is 93.7 Å². The normalized spacial score (nSPS) is 11.6. The summed E-state index contributed by atoms with van der Waals surface area (Å²) in [6.45, 7) is 0. The van der Waals surface area contributed by atoms with E-state index in [0.29, 0.717) is 11.1 Å². The van der Waals surface area contributed by atoms with Crippen LogP contribution in [0.3, 0.4) is 0 Å². The van der Waals surface area contributed by atoms with E-state index in [4.69, 9.17) is 0 Å². The van der Waals surface area contributed by atoms with E-state index in [-0.39, 0.29) is 0 Å². The predicted molar refractivity (Wildman–Crippen MR) is 104 cm³/mol. The van der Waals surface area contributed by atoms with Crippen LogP contribution in [0.2, 0.25) is 0 Å². The third-order valence-corrected chi connectivity index (χ3v) is 4.61. The molecule has 0 spiro atoms. The van der Waals surface area contributed by atoms with Gasteiger partial charge < -0.3 is 0 Å². The Morgan fingerprint density at radius 2 is 1.04 bits per heavy atom. The Balaban J connectivity index is 1.90. The molecular weight excluding hydrogens is 324 g/mol. The van der Waals surface area contributed by atoms with Gasteiger partial charge >= 0.3 is 0 Å². The van der Waals surface area contributed by atoms with E-state index in [0.717, 1.165) is 20.9 Å². The Morgan fingerprint density at radius 1 is 0.640 bits per heavy atom. The van der Waals surface area contributed by atoms with Crippen molar-refractivity contribution >= 4 is 34.6 Å². The molecule has 1 heterocycles. The molecule has 0 aliphatic heterocycles. The van der Waals surface area contributed by atoms with Crippen LogP contribution in [-0.4, -0.2) is 0 Å². The lowest BCUT2D eigenvalue weighted by atomic mass is 10.1. The molecule has 0 radical (unpaired) electrons. The molecule has 3 heteroatoms. The van der Waals surface area contributed by atoms with E-state index < -0.39 is 0 Å². The van der Waals surface area contributed by atoms with Crippen LogP contribution in [0.1, 0.15) is 20.9 Å². The summed E-state index contributed by atoms with van der Waals surface area (Å²) in [5.41, 5.74) is 3.05. The summed E-state index contributed by atoms with van der Waals surface area (Å²) in [5, 5.41) is 18.8. The average molecular weight is 338 g/mol. The van der Waals surface area contributed by atoms with Crippen molar-refractivity contribution in [3.63, 3.8) is 0 Å². The van der Waals surface area contributed by atoms with E-state index in [1.54, 1.807) is 11.3 Å². The first-order valence-corrected chi connectivity index (χ1v) is 8.56. The maximum atomic E-state index is 9.41. The molecule has 1 aromatic heterocycles. The van der Waals surface area contributed by atoms with Crippen LogP contribution in [0.5, 0.6) is 0 Å². The molecule has 3 rings (SSSR count). The van der Waals surface area contributed by atoms with Crippen LogP contribution in [-0.2, 0) is 0 Å². The molecule has 0 aliphatic rings. The molecule has 25 heavy (non-hydrogen) atoms. The van der Waals surface area contributed by atoms with Gasteiger partial charge in [0.1, 0.15) is 0 Å². The van der Waals surface area contributed by atoms with Gasteiger partial charge in [0.2, 0.25) is 0 Å². The van der Waals surface area contributed by atoms with E-state index >= 15 is 0 Å². The summed E-state index contributed by atoms with van der Waals surface area (Å²) in [4.78, 5) is 1.97. The molecule has 2 aromatic carbocycles. The zero-order valence-electron chi connectivity index (χ0n) is 13.4. The molecule has 0 unspecified atom stereocenters. The van der Waals surface area contributed by atoms with E-state index in [9.17, 15) is 10.5 Å². The van der Waals surface area contributed by atoms with Gasteiger partial charge in [0.15, 0.2) is 0 Å². The Bertz CT molecular complexity index is 915. The largest absolute Gasteiger partial charge is 0.192 e. The summed E-state index contributed by atoms with van der Waals surface area (Å²) >= 11 is 1.55. The van der Waals surface area contributed by atoms with Crippen LogP contribution in [0.25, 0.3) is 23.3 Å². The van der Waals surface area contributed by atoms with Crippen molar-refractivity contribution in [2.45, 2.75) is 0 Å². The quantitative estimate of drug-likeness (QED) is 0.558. The first-order chi connectivity index (χ1) is 12.3. The summed E-state index contributed by atoms with van der Waals surface area (Å²) < 4.78 is 0. The summed E-state index contributed by atoms with van der Waals surface area (Å²) in [7, 11) is 0. The van der Waals surface area contributed by atoms with Gasteiger partial charge in [0.25, 0.3) is 0 Å². The van der Waals surface area contributed by atoms with Crippen molar-refractivity contribution in [1.29, 1.82) is 10.5 Å². The van der Waals surface area contributed by atoms with Crippen LogP contribution >= 0.6 is 11.3 Å². The fourth-order valence-electron chi connectivity index (χ4n) is 2.40. The topological polar surface area (TPSA) is 47.6 Å². The fourth-order valence-corrected chi connectivity index (χ4v) is 3.30. The molecular formula is C22H14N2S. The summed E-state index contributed by atoms with van der Waals surface area (Å²) in [6, 6.07) is 27.7. The van der Waals surface area contributed by atoms with Crippen molar-refractivity contribution in [2.24, 2.45) is 0 Å². The highest BCUT2D eigenvalue weighted by molar-refractivity contribution is 7.13. The third-order valence-electron chi connectivity index (χ3n) is 3.63. The van der Waals surface area contributed by atoms with Gasteiger partial charge in [-0.1, -0.05) is 60.7 Å². The summed E-state index contributed by atoms with van der Waals surface area (Å²) in [6.07, 6.45) is 3.76. The smallest absolute Gasteiger partial charge is 0.0998 e. The number of thiophene rings is 1. The number of rotatable bonds is 4. The maximum absolute atomic E-state index is 9.41. The number of hydrogen-bond donors (Lipinski definition) is 0. The number of nitrogens with zero attached hydrogens (tertiary/aromatic N) is 2. The molecule has 0 aliphatic carbocycles. The van der Waals surface area contributed by atoms with Gasteiger partial charge in [-0.25, -0.2) is 0 Å². The predicted octanol–water partition coefficient (Wildman–Crippen LogP) is 5.88. The second-order valence-electron chi connectivity index (χ2n) is 5.31. The van der Waals surface area contributed by atoms with Gasteiger partial charge in [-0.2, -0.15) is 10.5 Å². The van der Waals surface area contributed by atoms with E-state index in [1.807, 2.05) is 84.9 Å². The first-order valence-electron chi connectivity index (χ1n) is 7.74. The highest BCUT2D eigenvalue weighted by atomic mass is 32.1. The van der Waals surface area contributed by atoms with Crippen LogP contribution in [0, 0.1) is 22.7 Å². The van der Waals surface area contributed by atoms with Crippen LogP contribution in [0.4, 0.5) is 0 Å². The molecule has 0 saturated heterocycles. The Labute approximate surface area is 151 Å². The minimum atomic E-state index is 0.626. The molecule has 0 atom stereocenters. The molecule has 3 aromatic rings. The molecule has 0 bridgehead atoms. The molecule has 0 saturated carbocycles. The fraction of sp³-hybridized carbons (Fsp3) is 0. The zero-order chi connectivity index (χ0) is 17.5. The van der Waals surface area contributed by atoms with Gasteiger partial charge in [-0.15, -0.1) is 11.3 Å². The zero-order valence-corrected chi connectivity index (χ0v) is 14.2. The maximum Gasteiger partial charge on any atom is 0.0998 e. The van der Waals surface area contributed by atoms with Gasteiger partial charge in [0, 0.05) is 9.75 Å². The minimum absolute atomic E-state index is 0.626. The number of allylic oxidation sites excluding steroid dienone is 2. The lowest BCUT2D eigenvalue weighted by Crippen LogP contribution is -1.79. The molecule has 0 N–H and O–H groups in total. The van der Waals surface area contributed by atoms with E-state index in [2.05, 4.69) is 12.1 Å². The summed E-state index contributed by atoms with van der Waals surface area (Å²) in [5.74, 6) is 0. The van der Waals surface area contributed by atoms with Crippen molar-refractivity contribution < 1.29 is 0 Å². The second kappa shape index (κ2) is 7.93. The lowest BCUT2D eigenvalue weighted by molar-refractivity contribution is 1.52. The highest BCUT2D eigenvalue weighted by Gasteiger charge is 2.04. The van der Waals surface area contributed by atoms with Crippen molar-refractivity contribution in [2.75, 3.05) is 0 Å². The SMILES string of the molecule is N#C/C(=C\c1ccc(/C=C(\C#N)c2ccccc2)s1)c1ccccc1. The highest BCUT2D eigenvalue weighted by Crippen LogP contribution is 2.26. The van der Waals surface area contributed by atoms with Gasteiger partial charge in [0.05, 0.1) is 23.3 Å². The molecule has 0 fully saturated rings. The lowest BCUT2D eigenvalue weighted by Gasteiger charge is -1.98. The minimum Gasteiger partial charge on any atom is -0.192 e. The molecule has 118 valence electrons.